The van der Waals surface area contributed by atoms with Gasteiger partial charge in [0, 0.05) is 0 Å². The van der Waals surface area contributed by atoms with Gasteiger partial charge in [0.1, 0.15) is 17.3 Å². The molecular formula is C12H11FN2O3. The fourth-order valence-electron chi connectivity index (χ4n) is 1.09. The molecule has 0 atom stereocenters. The van der Waals surface area contributed by atoms with E-state index in [0.717, 1.165) is 12.1 Å². The Bertz CT molecular complexity index is 547. The van der Waals surface area contributed by atoms with Crippen molar-refractivity contribution in [3.05, 3.63) is 29.6 Å². The second-order valence-corrected chi connectivity index (χ2v) is 4.19. The number of carbonyl (C=O) groups excluding carboxylic acids is 1. The molecule has 1 aromatic rings. The van der Waals surface area contributed by atoms with Crippen molar-refractivity contribution in [3.63, 3.8) is 0 Å². The second-order valence-electron chi connectivity index (χ2n) is 4.19. The zero-order chi connectivity index (χ0) is 13.9. The van der Waals surface area contributed by atoms with Crippen LogP contribution in [0.2, 0.25) is 0 Å². The largest absolute Gasteiger partial charge is 0.480 e. The Balaban J connectivity index is 3.03. The first kappa shape index (κ1) is 13.6. The van der Waals surface area contributed by atoms with Crippen molar-refractivity contribution >= 4 is 17.6 Å². The number of rotatable bonds is 3. The average Bonchev–Trinajstić information content (AvgIpc) is 2.30. The molecule has 1 rings (SSSR count). The van der Waals surface area contributed by atoms with Crippen LogP contribution in [0.25, 0.3) is 0 Å². The van der Waals surface area contributed by atoms with Crippen LogP contribution in [0.5, 0.6) is 0 Å². The van der Waals surface area contributed by atoms with Crippen molar-refractivity contribution in [3.8, 4) is 6.07 Å². The lowest BCUT2D eigenvalue weighted by atomic mass is 9.92. The van der Waals surface area contributed by atoms with Gasteiger partial charge in [0.15, 0.2) is 0 Å². The van der Waals surface area contributed by atoms with Gasteiger partial charge in [-0.25, -0.2) is 4.39 Å². The molecule has 1 amide bonds. The van der Waals surface area contributed by atoms with Gasteiger partial charge in [-0.2, -0.15) is 5.26 Å². The monoisotopic (exact) mass is 250 g/mol. The Morgan fingerprint density at radius 1 is 1.44 bits per heavy atom. The van der Waals surface area contributed by atoms with Crippen LogP contribution in [0.15, 0.2) is 18.2 Å². The summed E-state index contributed by atoms with van der Waals surface area (Å²) in [6, 6.07) is 4.97. The Hall–Kier alpha value is -2.42. The van der Waals surface area contributed by atoms with E-state index < -0.39 is 23.1 Å². The van der Waals surface area contributed by atoms with Crippen LogP contribution >= 0.6 is 0 Å². The van der Waals surface area contributed by atoms with Gasteiger partial charge in [0.05, 0.1) is 11.3 Å². The van der Waals surface area contributed by atoms with Gasteiger partial charge in [-0.3, -0.25) is 9.59 Å². The summed E-state index contributed by atoms with van der Waals surface area (Å²) in [4.78, 5) is 22.6. The molecule has 0 bridgehead atoms. The molecule has 0 spiro atoms. The van der Waals surface area contributed by atoms with Crippen LogP contribution in [0.3, 0.4) is 0 Å². The van der Waals surface area contributed by atoms with Crippen LogP contribution in [0.4, 0.5) is 10.1 Å². The standard InChI is InChI=1S/C12H11FN2O3/c1-12(2,11(17)18)10(16)15-9-4-3-8(13)5-7(9)6-14/h3-5H,1-2H3,(H,15,16)(H,17,18). The maximum atomic E-state index is 12.9. The van der Waals surface area contributed by atoms with Gasteiger partial charge in [0.25, 0.3) is 0 Å². The molecule has 0 unspecified atom stereocenters. The van der Waals surface area contributed by atoms with Crippen molar-refractivity contribution in [2.75, 3.05) is 5.32 Å². The molecule has 0 saturated heterocycles. The molecule has 0 aliphatic carbocycles. The highest BCUT2D eigenvalue weighted by Crippen LogP contribution is 2.21. The third-order valence-corrected chi connectivity index (χ3v) is 2.45. The van der Waals surface area contributed by atoms with E-state index >= 15 is 0 Å². The van der Waals surface area contributed by atoms with Crippen molar-refractivity contribution < 1.29 is 19.1 Å². The predicted molar refractivity (Wildman–Crippen MR) is 61.2 cm³/mol. The van der Waals surface area contributed by atoms with Crippen LogP contribution in [0.1, 0.15) is 19.4 Å². The van der Waals surface area contributed by atoms with E-state index in [1.807, 2.05) is 0 Å². The fraction of sp³-hybridized carbons (Fsp3) is 0.250. The molecule has 18 heavy (non-hydrogen) atoms. The maximum Gasteiger partial charge on any atom is 0.318 e. The predicted octanol–water partition coefficient (Wildman–Crippen LogP) is 1.75. The van der Waals surface area contributed by atoms with E-state index in [0.29, 0.717) is 0 Å². The summed E-state index contributed by atoms with van der Waals surface area (Å²) in [6.07, 6.45) is 0. The number of nitrogens with one attached hydrogen (secondary N) is 1. The van der Waals surface area contributed by atoms with Crippen molar-refractivity contribution in [2.45, 2.75) is 13.8 Å². The molecule has 5 nitrogen and oxygen atoms in total. The number of nitriles is 1. The lowest BCUT2D eigenvalue weighted by Crippen LogP contribution is -2.38. The molecule has 94 valence electrons. The van der Waals surface area contributed by atoms with Crippen LogP contribution in [-0.4, -0.2) is 17.0 Å². The lowest BCUT2D eigenvalue weighted by molar-refractivity contribution is -0.151. The van der Waals surface area contributed by atoms with Crippen molar-refractivity contribution in [1.82, 2.24) is 0 Å². The average molecular weight is 250 g/mol. The molecule has 0 aromatic heterocycles. The fourth-order valence-corrected chi connectivity index (χ4v) is 1.09. The summed E-state index contributed by atoms with van der Waals surface area (Å²) < 4.78 is 12.9. The van der Waals surface area contributed by atoms with Crippen LogP contribution in [-0.2, 0) is 9.59 Å². The molecule has 0 aliphatic rings. The molecule has 0 saturated carbocycles. The topological polar surface area (TPSA) is 90.2 Å². The van der Waals surface area contributed by atoms with Gasteiger partial charge in [-0.1, -0.05) is 0 Å². The number of halogens is 1. The zero-order valence-corrected chi connectivity index (χ0v) is 9.82. The molecule has 0 heterocycles. The Kier molecular flexibility index (Phi) is 3.67. The Labute approximate surface area is 103 Å². The number of anilines is 1. The van der Waals surface area contributed by atoms with E-state index in [1.165, 1.54) is 19.9 Å². The summed E-state index contributed by atoms with van der Waals surface area (Å²) in [5.74, 6) is -2.68. The molecule has 0 aliphatic heterocycles. The normalized spacial score (nSPS) is 10.6. The number of carboxylic acids is 1. The van der Waals surface area contributed by atoms with E-state index in [4.69, 9.17) is 10.4 Å². The van der Waals surface area contributed by atoms with Crippen LogP contribution in [0, 0.1) is 22.6 Å². The third kappa shape index (κ3) is 2.63. The summed E-state index contributed by atoms with van der Waals surface area (Å²) in [6.45, 7) is 2.47. The number of carboxylic acid groups (broad SMARTS) is 1. The summed E-state index contributed by atoms with van der Waals surface area (Å²) in [5.41, 5.74) is -1.62. The highest BCUT2D eigenvalue weighted by Gasteiger charge is 2.36. The Morgan fingerprint density at radius 2 is 2.06 bits per heavy atom. The van der Waals surface area contributed by atoms with Gasteiger partial charge in [-0.15, -0.1) is 0 Å². The van der Waals surface area contributed by atoms with Crippen molar-refractivity contribution in [2.24, 2.45) is 5.41 Å². The third-order valence-electron chi connectivity index (χ3n) is 2.45. The van der Waals surface area contributed by atoms with Gasteiger partial charge in [-0.05, 0) is 32.0 Å². The first-order valence-electron chi connectivity index (χ1n) is 5.03. The molecular weight excluding hydrogens is 239 g/mol. The number of hydrogen-bond acceptors (Lipinski definition) is 3. The maximum absolute atomic E-state index is 12.9. The summed E-state index contributed by atoms with van der Waals surface area (Å²) >= 11 is 0. The van der Waals surface area contributed by atoms with Crippen LogP contribution < -0.4 is 5.32 Å². The number of aliphatic carboxylic acids is 1. The van der Waals surface area contributed by atoms with E-state index in [-0.39, 0.29) is 11.3 Å². The molecule has 0 radical (unpaired) electrons. The minimum Gasteiger partial charge on any atom is -0.480 e. The minimum absolute atomic E-state index is 0.0652. The van der Waals surface area contributed by atoms with E-state index in [9.17, 15) is 14.0 Å². The summed E-state index contributed by atoms with van der Waals surface area (Å²) in [7, 11) is 0. The van der Waals surface area contributed by atoms with Gasteiger partial charge < -0.3 is 10.4 Å². The number of nitrogens with zero attached hydrogens (tertiary/aromatic N) is 1. The molecule has 1 aromatic carbocycles. The molecule has 6 heteroatoms. The number of amides is 1. The molecule has 0 fully saturated rings. The van der Waals surface area contributed by atoms with Crippen molar-refractivity contribution in [1.29, 1.82) is 5.26 Å². The first-order chi connectivity index (χ1) is 8.28. The number of benzene rings is 1. The second kappa shape index (κ2) is 4.84. The van der Waals surface area contributed by atoms with E-state index in [1.54, 1.807) is 6.07 Å². The SMILES string of the molecule is CC(C)(C(=O)O)C(=O)Nc1ccc(F)cc1C#N. The van der Waals surface area contributed by atoms with Gasteiger partial charge >= 0.3 is 5.97 Å². The smallest absolute Gasteiger partial charge is 0.318 e. The highest BCUT2D eigenvalue weighted by atomic mass is 19.1. The Morgan fingerprint density at radius 3 is 2.56 bits per heavy atom. The lowest BCUT2D eigenvalue weighted by Gasteiger charge is -2.18. The van der Waals surface area contributed by atoms with E-state index in [2.05, 4.69) is 5.32 Å². The molecule has 2 N–H and O–H groups in total. The quantitative estimate of drug-likeness (QED) is 0.799. The summed E-state index contributed by atoms with van der Waals surface area (Å²) in [5, 5.41) is 20.0. The zero-order valence-electron chi connectivity index (χ0n) is 9.82. The van der Waals surface area contributed by atoms with Gasteiger partial charge in [0.2, 0.25) is 5.91 Å². The highest BCUT2D eigenvalue weighted by molar-refractivity contribution is 6.08. The number of hydrogen-bond donors (Lipinski definition) is 2. The minimum atomic E-state index is -1.64. The number of carbonyl (C=O) groups is 2. The first-order valence-corrected chi connectivity index (χ1v) is 5.03.